The minimum Gasteiger partial charge on any atom is -0.382 e. The fourth-order valence-corrected chi connectivity index (χ4v) is 1.55. The second kappa shape index (κ2) is 2.74. The maximum absolute atomic E-state index is 8.92. The van der Waals surface area contributed by atoms with Crippen LogP contribution in [0, 0.1) is 5.92 Å². The van der Waals surface area contributed by atoms with E-state index in [0.29, 0.717) is 5.92 Å². The van der Waals surface area contributed by atoms with Crippen molar-refractivity contribution in [2.75, 3.05) is 0 Å². The third kappa shape index (κ3) is 1.39. The molecule has 8 heavy (non-hydrogen) atoms. The van der Waals surface area contributed by atoms with Crippen LogP contribution in [0.25, 0.3) is 0 Å². The summed E-state index contributed by atoms with van der Waals surface area (Å²) in [7, 11) is 0. The van der Waals surface area contributed by atoms with Gasteiger partial charge in [0, 0.05) is 0 Å². The molecule has 48 valence electrons. The maximum Gasteiger partial charge on any atom is 0.0992 e. The average molecular weight is 132 g/mol. The standard InChI is InChI=1S/C6H12OS/c7-6(8)5-3-1-2-4-5/h5-8H,1-4H2. The summed E-state index contributed by atoms with van der Waals surface area (Å²) in [5.74, 6) is 0.485. The van der Waals surface area contributed by atoms with Crippen molar-refractivity contribution < 1.29 is 5.11 Å². The zero-order valence-electron chi connectivity index (χ0n) is 4.88. The van der Waals surface area contributed by atoms with Crippen molar-refractivity contribution in [2.45, 2.75) is 31.1 Å². The molecular weight excluding hydrogens is 120 g/mol. The van der Waals surface area contributed by atoms with Crippen LogP contribution in [0.2, 0.25) is 0 Å². The lowest BCUT2D eigenvalue weighted by molar-refractivity contribution is 0.197. The first-order chi connectivity index (χ1) is 3.80. The van der Waals surface area contributed by atoms with Crippen LogP contribution in [-0.2, 0) is 0 Å². The number of hydrogen-bond acceptors (Lipinski definition) is 2. The van der Waals surface area contributed by atoms with Crippen LogP contribution >= 0.6 is 12.6 Å². The highest BCUT2D eigenvalue weighted by Gasteiger charge is 2.19. The molecule has 1 aliphatic rings. The molecule has 1 aliphatic carbocycles. The van der Waals surface area contributed by atoms with Crippen molar-refractivity contribution in [3.63, 3.8) is 0 Å². The molecule has 0 aromatic rings. The highest BCUT2D eigenvalue weighted by Crippen LogP contribution is 2.28. The Morgan fingerprint density at radius 1 is 1.38 bits per heavy atom. The molecule has 0 spiro atoms. The Hall–Kier alpha value is 0.310. The summed E-state index contributed by atoms with van der Waals surface area (Å²) in [4.78, 5) is 0. The molecule has 2 heteroatoms. The second-order valence-corrected chi connectivity index (χ2v) is 2.99. The molecule has 1 atom stereocenters. The predicted molar refractivity (Wildman–Crippen MR) is 37.0 cm³/mol. The monoisotopic (exact) mass is 132 g/mol. The van der Waals surface area contributed by atoms with Gasteiger partial charge < -0.3 is 5.11 Å². The Bertz CT molecular complexity index is 66.9. The first-order valence-corrected chi connectivity index (χ1v) is 3.68. The van der Waals surface area contributed by atoms with E-state index in [4.69, 9.17) is 5.11 Å². The van der Waals surface area contributed by atoms with Crippen molar-refractivity contribution in [3.8, 4) is 0 Å². The lowest BCUT2D eigenvalue weighted by Crippen LogP contribution is -2.08. The minimum atomic E-state index is -0.363. The zero-order valence-corrected chi connectivity index (χ0v) is 5.77. The van der Waals surface area contributed by atoms with Crippen molar-refractivity contribution in [3.05, 3.63) is 0 Å². The van der Waals surface area contributed by atoms with E-state index >= 15 is 0 Å². The Balaban J connectivity index is 2.24. The molecule has 1 saturated carbocycles. The van der Waals surface area contributed by atoms with Gasteiger partial charge in [0.05, 0.1) is 5.44 Å². The molecule has 1 fully saturated rings. The van der Waals surface area contributed by atoms with Crippen LogP contribution in [0.4, 0.5) is 0 Å². The Morgan fingerprint density at radius 2 is 1.88 bits per heavy atom. The molecular formula is C6H12OS. The highest BCUT2D eigenvalue weighted by atomic mass is 32.1. The van der Waals surface area contributed by atoms with Crippen LogP contribution in [-0.4, -0.2) is 10.5 Å². The lowest BCUT2D eigenvalue weighted by Gasteiger charge is -2.09. The summed E-state index contributed by atoms with van der Waals surface area (Å²) >= 11 is 3.95. The maximum atomic E-state index is 8.92. The SMILES string of the molecule is OC(S)C1CCCC1. The molecule has 0 amide bonds. The zero-order chi connectivity index (χ0) is 5.98. The summed E-state index contributed by atoms with van der Waals surface area (Å²) in [5.41, 5.74) is -0.363. The van der Waals surface area contributed by atoms with Gasteiger partial charge in [0.15, 0.2) is 0 Å². The third-order valence-electron chi connectivity index (χ3n) is 1.82. The van der Waals surface area contributed by atoms with E-state index < -0.39 is 0 Å². The van der Waals surface area contributed by atoms with E-state index in [0.717, 1.165) is 0 Å². The Kier molecular flexibility index (Phi) is 2.20. The topological polar surface area (TPSA) is 20.2 Å². The smallest absolute Gasteiger partial charge is 0.0992 e. The number of aliphatic hydroxyl groups excluding tert-OH is 1. The molecule has 1 unspecified atom stereocenters. The van der Waals surface area contributed by atoms with Gasteiger partial charge in [0.2, 0.25) is 0 Å². The summed E-state index contributed by atoms with van der Waals surface area (Å²) in [6.07, 6.45) is 4.90. The molecule has 0 aromatic heterocycles. The molecule has 0 radical (unpaired) electrons. The molecule has 0 aromatic carbocycles. The molecule has 0 aliphatic heterocycles. The van der Waals surface area contributed by atoms with Gasteiger partial charge in [-0.05, 0) is 18.8 Å². The number of thiol groups is 1. The van der Waals surface area contributed by atoms with Crippen LogP contribution in [0.15, 0.2) is 0 Å². The molecule has 1 rings (SSSR count). The quantitative estimate of drug-likeness (QED) is 0.408. The lowest BCUT2D eigenvalue weighted by atomic mass is 10.1. The summed E-state index contributed by atoms with van der Waals surface area (Å²) in [5, 5.41) is 8.92. The fraction of sp³-hybridized carbons (Fsp3) is 1.00. The van der Waals surface area contributed by atoms with Gasteiger partial charge in [-0.15, -0.1) is 12.6 Å². The Labute approximate surface area is 55.5 Å². The van der Waals surface area contributed by atoms with Gasteiger partial charge in [-0.3, -0.25) is 0 Å². The van der Waals surface area contributed by atoms with Crippen LogP contribution in [0.1, 0.15) is 25.7 Å². The molecule has 0 heterocycles. The van der Waals surface area contributed by atoms with Crippen LogP contribution < -0.4 is 0 Å². The summed E-state index contributed by atoms with van der Waals surface area (Å²) in [6.45, 7) is 0. The van der Waals surface area contributed by atoms with Gasteiger partial charge >= 0.3 is 0 Å². The van der Waals surface area contributed by atoms with E-state index in [1.165, 1.54) is 25.7 Å². The van der Waals surface area contributed by atoms with Crippen molar-refractivity contribution in [1.29, 1.82) is 0 Å². The number of aliphatic hydroxyl groups is 1. The van der Waals surface area contributed by atoms with E-state index in [-0.39, 0.29) is 5.44 Å². The van der Waals surface area contributed by atoms with Crippen molar-refractivity contribution in [2.24, 2.45) is 5.92 Å². The van der Waals surface area contributed by atoms with Gasteiger partial charge in [-0.25, -0.2) is 0 Å². The Morgan fingerprint density at radius 3 is 2.12 bits per heavy atom. The van der Waals surface area contributed by atoms with Crippen LogP contribution in [0.5, 0.6) is 0 Å². The number of rotatable bonds is 1. The van der Waals surface area contributed by atoms with E-state index in [1.807, 2.05) is 0 Å². The molecule has 0 saturated heterocycles. The minimum absolute atomic E-state index is 0.363. The largest absolute Gasteiger partial charge is 0.382 e. The molecule has 0 bridgehead atoms. The highest BCUT2D eigenvalue weighted by molar-refractivity contribution is 7.80. The van der Waals surface area contributed by atoms with E-state index in [2.05, 4.69) is 12.6 Å². The predicted octanol–water partition coefficient (Wildman–Crippen LogP) is 1.42. The summed E-state index contributed by atoms with van der Waals surface area (Å²) < 4.78 is 0. The first-order valence-electron chi connectivity index (χ1n) is 3.17. The second-order valence-electron chi connectivity index (χ2n) is 2.46. The van der Waals surface area contributed by atoms with Gasteiger partial charge in [0.25, 0.3) is 0 Å². The van der Waals surface area contributed by atoms with Crippen molar-refractivity contribution >= 4 is 12.6 Å². The van der Waals surface area contributed by atoms with Crippen LogP contribution in [0.3, 0.4) is 0 Å². The first kappa shape index (κ1) is 6.43. The van der Waals surface area contributed by atoms with E-state index in [1.54, 1.807) is 0 Å². The van der Waals surface area contributed by atoms with Gasteiger partial charge in [-0.2, -0.15) is 0 Å². The fourth-order valence-electron chi connectivity index (χ4n) is 1.26. The molecule has 1 nitrogen and oxygen atoms in total. The average Bonchev–Trinajstić information content (AvgIpc) is 2.12. The third-order valence-corrected chi connectivity index (χ3v) is 2.24. The van der Waals surface area contributed by atoms with Crippen molar-refractivity contribution in [1.82, 2.24) is 0 Å². The van der Waals surface area contributed by atoms with Gasteiger partial charge in [-0.1, -0.05) is 12.8 Å². The van der Waals surface area contributed by atoms with Gasteiger partial charge in [0.1, 0.15) is 0 Å². The summed E-state index contributed by atoms with van der Waals surface area (Å²) in [6, 6.07) is 0. The normalized spacial score (nSPS) is 26.2. The molecule has 1 N–H and O–H groups in total. The number of hydrogen-bond donors (Lipinski definition) is 2. The van der Waals surface area contributed by atoms with E-state index in [9.17, 15) is 0 Å².